The van der Waals surface area contributed by atoms with Crippen LogP contribution in [0.2, 0.25) is 0 Å². The predicted octanol–water partition coefficient (Wildman–Crippen LogP) is -0.687. The van der Waals surface area contributed by atoms with E-state index in [0.717, 1.165) is 0 Å². The smallest absolute Gasteiger partial charge is 0.251 e. The fourth-order valence-electron chi connectivity index (χ4n) is 1.25. The quantitative estimate of drug-likeness (QED) is 0.349. The van der Waals surface area contributed by atoms with Crippen molar-refractivity contribution in [3.8, 4) is 0 Å². The van der Waals surface area contributed by atoms with Gasteiger partial charge in [-0.2, -0.15) is 5.10 Å². The van der Waals surface area contributed by atoms with E-state index in [-0.39, 0.29) is 11.9 Å². The van der Waals surface area contributed by atoms with Gasteiger partial charge in [0.15, 0.2) is 0 Å². The standard InChI is InChI=1S/C9H15N5O2/c1-6(2-3-8(15)13-11)14-5-7(4-12-14)9(10)16/h4-6H,2-3,11H2,1H3,(H2,10,16)(H,13,15). The molecule has 2 amide bonds. The molecule has 0 aliphatic rings. The zero-order valence-electron chi connectivity index (χ0n) is 9.01. The molecule has 7 nitrogen and oxygen atoms in total. The zero-order valence-corrected chi connectivity index (χ0v) is 9.01. The molecule has 0 saturated carbocycles. The number of carbonyl (C=O) groups excluding carboxylic acids is 2. The minimum atomic E-state index is -0.516. The van der Waals surface area contributed by atoms with Gasteiger partial charge < -0.3 is 5.73 Å². The summed E-state index contributed by atoms with van der Waals surface area (Å²) < 4.78 is 1.60. The molecular formula is C9H15N5O2. The summed E-state index contributed by atoms with van der Waals surface area (Å²) in [5.41, 5.74) is 7.51. The third kappa shape index (κ3) is 3.06. The van der Waals surface area contributed by atoms with Crippen LogP contribution in [0, 0.1) is 0 Å². The van der Waals surface area contributed by atoms with E-state index < -0.39 is 5.91 Å². The molecule has 0 fully saturated rings. The molecule has 0 radical (unpaired) electrons. The van der Waals surface area contributed by atoms with Gasteiger partial charge in [-0.05, 0) is 13.3 Å². The average Bonchev–Trinajstić information content (AvgIpc) is 2.74. The summed E-state index contributed by atoms with van der Waals surface area (Å²) in [6.07, 6.45) is 3.86. The van der Waals surface area contributed by atoms with Crippen molar-refractivity contribution in [2.24, 2.45) is 11.6 Å². The number of nitrogens with zero attached hydrogens (tertiary/aromatic N) is 2. The average molecular weight is 225 g/mol. The second-order valence-corrected chi connectivity index (χ2v) is 3.53. The number of aromatic nitrogens is 2. The second kappa shape index (κ2) is 5.26. The summed E-state index contributed by atoms with van der Waals surface area (Å²) in [4.78, 5) is 21.8. The molecule has 1 unspecified atom stereocenters. The molecule has 0 aliphatic heterocycles. The number of hydrogen-bond acceptors (Lipinski definition) is 4. The van der Waals surface area contributed by atoms with Crippen LogP contribution in [0.4, 0.5) is 0 Å². The summed E-state index contributed by atoms with van der Waals surface area (Å²) >= 11 is 0. The number of primary amides is 1. The summed E-state index contributed by atoms with van der Waals surface area (Å²) in [7, 11) is 0. The molecule has 1 aromatic heterocycles. The van der Waals surface area contributed by atoms with Crippen molar-refractivity contribution < 1.29 is 9.59 Å². The highest BCUT2D eigenvalue weighted by Crippen LogP contribution is 2.12. The van der Waals surface area contributed by atoms with Crippen molar-refractivity contribution in [1.29, 1.82) is 0 Å². The van der Waals surface area contributed by atoms with Gasteiger partial charge >= 0.3 is 0 Å². The van der Waals surface area contributed by atoms with E-state index in [1.54, 1.807) is 10.9 Å². The van der Waals surface area contributed by atoms with E-state index in [9.17, 15) is 9.59 Å². The number of hydrazine groups is 1. The number of rotatable bonds is 5. The molecule has 0 saturated heterocycles. The Morgan fingerprint density at radius 2 is 2.31 bits per heavy atom. The topological polar surface area (TPSA) is 116 Å². The van der Waals surface area contributed by atoms with Crippen LogP contribution in [0.25, 0.3) is 0 Å². The highest BCUT2D eigenvalue weighted by molar-refractivity contribution is 5.92. The zero-order chi connectivity index (χ0) is 12.1. The highest BCUT2D eigenvalue weighted by Gasteiger charge is 2.10. The summed E-state index contributed by atoms with van der Waals surface area (Å²) in [5.74, 6) is 4.21. The first-order valence-corrected chi connectivity index (χ1v) is 4.88. The van der Waals surface area contributed by atoms with Gasteiger partial charge in [0.2, 0.25) is 5.91 Å². The Morgan fingerprint density at radius 1 is 1.62 bits per heavy atom. The first-order chi connectivity index (χ1) is 7.54. The van der Waals surface area contributed by atoms with Gasteiger partial charge in [0.05, 0.1) is 11.8 Å². The van der Waals surface area contributed by atoms with Gasteiger partial charge in [0, 0.05) is 18.7 Å². The molecule has 1 heterocycles. The third-order valence-corrected chi connectivity index (χ3v) is 2.29. The normalized spacial score (nSPS) is 12.1. The Balaban J connectivity index is 2.55. The molecular weight excluding hydrogens is 210 g/mol. The minimum absolute atomic E-state index is 0.00500. The van der Waals surface area contributed by atoms with E-state index in [4.69, 9.17) is 11.6 Å². The lowest BCUT2D eigenvalue weighted by molar-refractivity contribution is -0.121. The van der Waals surface area contributed by atoms with Gasteiger partial charge in [0.1, 0.15) is 0 Å². The first-order valence-electron chi connectivity index (χ1n) is 4.88. The molecule has 7 heteroatoms. The van der Waals surface area contributed by atoms with E-state index in [2.05, 4.69) is 10.5 Å². The van der Waals surface area contributed by atoms with E-state index in [1.165, 1.54) is 6.20 Å². The molecule has 5 N–H and O–H groups in total. The van der Waals surface area contributed by atoms with E-state index in [1.807, 2.05) is 6.92 Å². The molecule has 1 atom stereocenters. The van der Waals surface area contributed by atoms with Crippen LogP contribution < -0.4 is 17.0 Å². The lowest BCUT2D eigenvalue weighted by Crippen LogP contribution is -2.30. The second-order valence-electron chi connectivity index (χ2n) is 3.53. The SMILES string of the molecule is CC(CCC(=O)NN)n1cc(C(N)=O)cn1. The van der Waals surface area contributed by atoms with Crippen molar-refractivity contribution in [1.82, 2.24) is 15.2 Å². The number of nitrogens with two attached hydrogens (primary N) is 2. The lowest BCUT2D eigenvalue weighted by Gasteiger charge is -2.10. The van der Waals surface area contributed by atoms with Crippen molar-refractivity contribution in [3.05, 3.63) is 18.0 Å². The largest absolute Gasteiger partial charge is 0.366 e. The Labute approximate surface area is 92.8 Å². The number of nitrogens with one attached hydrogen (secondary N) is 1. The number of carbonyl (C=O) groups is 2. The van der Waals surface area contributed by atoms with Gasteiger partial charge in [-0.15, -0.1) is 0 Å². The maximum atomic E-state index is 10.9. The fourth-order valence-corrected chi connectivity index (χ4v) is 1.25. The van der Waals surface area contributed by atoms with Gasteiger partial charge in [-0.1, -0.05) is 0 Å². The van der Waals surface area contributed by atoms with Crippen molar-refractivity contribution >= 4 is 11.8 Å². The lowest BCUT2D eigenvalue weighted by atomic mass is 10.2. The summed E-state index contributed by atoms with van der Waals surface area (Å²) in [6.45, 7) is 1.89. The first kappa shape index (κ1) is 12.2. The molecule has 1 aromatic rings. The molecule has 1 rings (SSSR count). The van der Waals surface area contributed by atoms with Gasteiger partial charge in [0.25, 0.3) is 5.91 Å². The van der Waals surface area contributed by atoms with Crippen LogP contribution >= 0.6 is 0 Å². The molecule has 88 valence electrons. The van der Waals surface area contributed by atoms with Crippen molar-refractivity contribution in [3.63, 3.8) is 0 Å². The minimum Gasteiger partial charge on any atom is -0.366 e. The predicted molar refractivity (Wildman–Crippen MR) is 57.0 cm³/mol. The van der Waals surface area contributed by atoms with E-state index >= 15 is 0 Å². The van der Waals surface area contributed by atoms with Gasteiger partial charge in [-0.25, -0.2) is 5.84 Å². The molecule has 16 heavy (non-hydrogen) atoms. The highest BCUT2D eigenvalue weighted by atomic mass is 16.2. The van der Waals surface area contributed by atoms with Crippen LogP contribution in [0.15, 0.2) is 12.4 Å². The van der Waals surface area contributed by atoms with Crippen LogP contribution in [-0.4, -0.2) is 21.6 Å². The Morgan fingerprint density at radius 3 is 2.81 bits per heavy atom. The van der Waals surface area contributed by atoms with Crippen LogP contribution in [0.3, 0.4) is 0 Å². The Hall–Kier alpha value is -1.89. The molecule has 0 aliphatic carbocycles. The van der Waals surface area contributed by atoms with Crippen LogP contribution in [0.1, 0.15) is 36.2 Å². The van der Waals surface area contributed by atoms with Gasteiger partial charge in [-0.3, -0.25) is 19.7 Å². The van der Waals surface area contributed by atoms with Crippen LogP contribution in [-0.2, 0) is 4.79 Å². The third-order valence-electron chi connectivity index (χ3n) is 2.29. The fraction of sp³-hybridized carbons (Fsp3) is 0.444. The number of hydrogen-bond donors (Lipinski definition) is 3. The maximum Gasteiger partial charge on any atom is 0.251 e. The monoisotopic (exact) mass is 225 g/mol. The molecule has 0 spiro atoms. The summed E-state index contributed by atoms with van der Waals surface area (Å²) in [5, 5.41) is 3.99. The maximum absolute atomic E-state index is 10.9. The Bertz CT molecular complexity index is 387. The van der Waals surface area contributed by atoms with Crippen molar-refractivity contribution in [2.45, 2.75) is 25.8 Å². The van der Waals surface area contributed by atoms with Crippen molar-refractivity contribution in [2.75, 3.05) is 0 Å². The molecule has 0 bridgehead atoms. The van der Waals surface area contributed by atoms with Crippen LogP contribution in [0.5, 0.6) is 0 Å². The summed E-state index contributed by atoms with van der Waals surface area (Å²) in [6, 6.07) is 0.00500. The van der Waals surface area contributed by atoms with E-state index in [0.29, 0.717) is 18.4 Å². The Kier molecular flexibility index (Phi) is 4.01. The number of amides is 2. The molecule has 0 aromatic carbocycles.